The van der Waals surface area contributed by atoms with Gasteiger partial charge in [-0.05, 0) is 71.8 Å². The van der Waals surface area contributed by atoms with Crippen LogP contribution in [-0.4, -0.2) is 48.6 Å². The molecule has 0 saturated carbocycles. The summed E-state index contributed by atoms with van der Waals surface area (Å²) in [7, 11) is -8.00. The van der Waals surface area contributed by atoms with E-state index in [2.05, 4.69) is 4.98 Å². The molecule has 0 saturated heterocycles. The number of aromatic nitrogens is 1. The van der Waals surface area contributed by atoms with Gasteiger partial charge in [-0.15, -0.1) is 0 Å². The van der Waals surface area contributed by atoms with Gasteiger partial charge in [-0.2, -0.15) is 8.61 Å². The lowest BCUT2D eigenvalue weighted by Gasteiger charge is -2.26. The van der Waals surface area contributed by atoms with Crippen LogP contribution in [-0.2, 0) is 33.1 Å². The first-order valence-electron chi connectivity index (χ1n) is 12.8. The van der Waals surface area contributed by atoms with E-state index in [0.29, 0.717) is 21.7 Å². The normalized spacial score (nSPS) is 12.7. The molecule has 0 aliphatic carbocycles. The Morgan fingerprint density at radius 3 is 1.85 bits per heavy atom. The first-order valence-corrected chi connectivity index (χ1v) is 16.4. The number of halogens is 2. The lowest BCUT2D eigenvalue weighted by Crippen LogP contribution is -2.34. The van der Waals surface area contributed by atoms with Gasteiger partial charge < -0.3 is 5.11 Å². The molecule has 0 aliphatic heterocycles. The lowest BCUT2D eigenvalue weighted by molar-refractivity contribution is 0.356. The molecule has 2 aromatic carbocycles. The fourth-order valence-electron chi connectivity index (χ4n) is 4.31. The zero-order valence-corrected chi connectivity index (χ0v) is 26.3. The van der Waals surface area contributed by atoms with E-state index in [9.17, 15) is 21.9 Å². The number of hydrogen-bond donors (Lipinski definition) is 1. The van der Waals surface area contributed by atoms with Crippen molar-refractivity contribution in [3.05, 3.63) is 81.6 Å². The number of aromatic hydroxyl groups is 1. The van der Waals surface area contributed by atoms with Crippen molar-refractivity contribution in [2.24, 2.45) is 11.8 Å². The van der Waals surface area contributed by atoms with Crippen LogP contribution >= 0.6 is 23.2 Å². The van der Waals surface area contributed by atoms with Crippen LogP contribution in [0.3, 0.4) is 0 Å². The summed E-state index contributed by atoms with van der Waals surface area (Å²) in [5.74, 6) is -0.331. The number of phenolic OH excluding ortho intramolecular Hbond substituents is 1. The van der Waals surface area contributed by atoms with Crippen molar-refractivity contribution in [3.63, 3.8) is 0 Å². The molecule has 0 atom stereocenters. The molecular formula is C28H35Cl2N3O5S2. The highest BCUT2D eigenvalue weighted by Gasteiger charge is 2.30. The molecule has 8 nitrogen and oxygen atoms in total. The fourth-order valence-corrected chi connectivity index (χ4v) is 8.25. The van der Waals surface area contributed by atoms with Gasteiger partial charge in [-0.25, -0.2) is 16.8 Å². The third-order valence-corrected chi connectivity index (χ3v) is 10.0. The second-order valence-corrected chi connectivity index (χ2v) is 15.3. The summed E-state index contributed by atoms with van der Waals surface area (Å²) in [5, 5.41) is 11.1. The monoisotopic (exact) mass is 627 g/mol. The predicted molar refractivity (Wildman–Crippen MR) is 158 cm³/mol. The van der Waals surface area contributed by atoms with Gasteiger partial charge in [-0.3, -0.25) is 4.98 Å². The van der Waals surface area contributed by atoms with Gasteiger partial charge in [0.15, 0.2) is 0 Å². The summed E-state index contributed by atoms with van der Waals surface area (Å²) in [6, 6.07) is 10.9. The Balaban J connectivity index is 2.00. The summed E-state index contributed by atoms with van der Waals surface area (Å²) in [5.41, 5.74) is 1.54. The van der Waals surface area contributed by atoms with E-state index < -0.39 is 20.0 Å². The fraction of sp³-hybridized carbons (Fsp3) is 0.393. The van der Waals surface area contributed by atoms with Gasteiger partial charge in [0, 0.05) is 48.6 Å². The van der Waals surface area contributed by atoms with Crippen LogP contribution < -0.4 is 0 Å². The maximum absolute atomic E-state index is 13.7. The maximum Gasteiger partial charge on any atom is 0.247 e. The van der Waals surface area contributed by atoms with Crippen LogP contribution in [0, 0.1) is 18.8 Å². The SMILES string of the molecule is Cc1cc(Cl)cc(S(=O)(=O)N(Cc2cc(Cl)cc(CN(CC(C)C)S(=O)(=O)c3cccnc3)c2)CC(C)C)c1O. The molecule has 1 N–H and O–H groups in total. The van der Waals surface area contributed by atoms with Crippen LogP contribution in [0.15, 0.2) is 64.6 Å². The molecule has 0 radical (unpaired) electrons. The summed E-state index contributed by atoms with van der Waals surface area (Å²) < 4.78 is 57.0. The molecule has 0 spiro atoms. The van der Waals surface area contributed by atoms with Crippen LogP contribution in [0.1, 0.15) is 44.4 Å². The average molecular weight is 629 g/mol. The number of pyridine rings is 1. The number of nitrogens with zero attached hydrogens (tertiary/aromatic N) is 3. The van der Waals surface area contributed by atoms with E-state index in [1.807, 2.05) is 27.7 Å². The number of sulfonamides is 2. The minimum Gasteiger partial charge on any atom is -0.506 e. The first-order chi connectivity index (χ1) is 18.6. The third kappa shape index (κ3) is 7.96. The number of phenols is 1. The summed E-state index contributed by atoms with van der Waals surface area (Å²) in [6.07, 6.45) is 2.82. The van der Waals surface area contributed by atoms with Gasteiger partial charge in [0.2, 0.25) is 20.0 Å². The molecule has 0 aliphatic rings. The van der Waals surface area contributed by atoms with E-state index in [1.165, 1.54) is 39.2 Å². The molecule has 1 heterocycles. The minimum absolute atomic E-state index is 0.0259. The Labute approximate surface area is 247 Å². The maximum atomic E-state index is 13.7. The highest BCUT2D eigenvalue weighted by atomic mass is 35.5. The van der Waals surface area contributed by atoms with Crippen molar-refractivity contribution in [2.75, 3.05) is 13.1 Å². The zero-order chi connectivity index (χ0) is 29.8. The second kappa shape index (κ2) is 13.2. The molecule has 12 heteroatoms. The smallest absolute Gasteiger partial charge is 0.247 e. The van der Waals surface area contributed by atoms with Crippen molar-refractivity contribution >= 4 is 43.2 Å². The van der Waals surface area contributed by atoms with Crippen molar-refractivity contribution in [1.82, 2.24) is 13.6 Å². The van der Waals surface area contributed by atoms with Gasteiger partial charge in [0.1, 0.15) is 15.5 Å². The summed E-state index contributed by atoms with van der Waals surface area (Å²) in [6.45, 7) is 9.65. The largest absolute Gasteiger partial charge is 0.506 e. The standard InChI is InChI=1S/C28H35Cl2N3O5S2/c1-19(2)15-32(39(35,36)26-7-6-8-31-14-26)17-22-10-23(12-25(30)11-22)18-33(16-20(3)4)40(37,38)27-13-24(29)9-21(5)28(27)34/h6-14,19-20,34H,15-18H2,1-5H3. The van der Waals surface area contributed by atoms with E-state index in [4.69, 9.17) is 23.2 Å². The van der Waals surface area contributed by atoms with Crippen molar-refractivity contribution < 1.29 is 21.9 Å². The molecule has 40 heavy (non-hydrogen) atoms. The Bertz CT molecular complexity index is 1550. The number of benzene rings is 2. The molecule has 218 valence electrons. The van der Waals surface area contributed by atoms with E-state index >= 15 is 0 Å². The molecular weight excluding hydrogens is 593 g/mol. The van der Waals surface area contributed by atoms with Crippen molar-refractivity contribution in [2.45, 2.75) is 57.5 Å². The number of aryl methyl sites for hydroxylation is 1. The highest BCUT2D eigenvalue weighted by Crippen LogP contribution is 2.33. The number of hydrogen-bond acceptors (Lipinski definition) is 6. The molecule has 0 amide bonds. The second-order valence-electron chi connectivity index (χ2n) is 10.6. The Morgan fingerprint density at radius 1 is 0.825 bits per heavy atom. The molecule has 1 aromatic heterocycles. The molecule has 0 fully saturated rings. The van der Waals surface area contributed by atoms with Crippen molar-refractivity contribution in [3.8, 4) is 5.75 Å². The predicted octanol–water partition coefficient (Wildman–Crippen LogP) is 6.10. The van der Waals surface area contributed by atoms with Crippen molar-refractivity contribution in [1.29, 1.82) is 0 Å². The van der Waals surface area contributed by atoms with E-state index in [-0.39, 0.29) is 58.6 Å². The van der Waals surface area contributed by atoms with Gasteiger partial charge in [0.05, 0.1) is 0 Å². The van der Waals surface area contributed by atoms with E-state index in [1.54, 1.807) is 31.2 Å². The molecule has 3 aromatic rings. The van der Waals surface area contributed by atoms with Crippen LogP contribution in [0.25, 0.3) is 0 Å². The lowest BCUT2D eigenvalue weighted by atomic mass is 10.1. The Kier molecular flexibility index (Phi) is 10.6. The van der Waals surface area contributed by atoms with E-state index in [0.717, 1.165) is 0 Å². The molecule has 0 unspecified atom stereocenters. The Hall–Kier alpha value is -2.21. The highest BCUT2D eigenvalue weighted by molar-refractivity contribution is 7.89. The zero-order valence-electron chi connectivity index (χ0n) is 23.2. The molecule has 0 bridgehead atoms. The van der Waals surface area contributed by atoms with Crippen LogP contribution in [0.5, 0.6) is 5.75 Å². The summed E-state index contributed by atoms with van der Waals surface area (Å²) in [4.78, 5) is 3.77. The molecule has 3 rings (SSSR count). The van der Waals surface area contributed by atoms with Crippen LogP contribution in [0.4, 0.5) is 0 Å². The van der Waals surface area contributed by atoms with Crippen LogP contribution in [0.2, 0.25) is 10.0 Å². The minimum atomic E-state index is -4.15. The van der Waals surface area contributed by atoms with Gasteiger partial charge in [0.25, 0.3) is 0 Å². The first kappa shape index (κ1) is 32.3. The third-order valence-electron chi connectivity index (χ3n) is 5.99. The van der Waals surface area contributed by atoms with Gasteiger partial charge in [-0.1, -0.05) is 57.0 Å². The topological polar surface area (TPSA) is 108 Å². The average Bonchev–Trinajstić information content (AvgIpc) is 2.85. The van der Waals surface area contributed by atoms with Gasteiger partial charge >= 0.3 is 0 Å². The summed E-state index contributed by atoms with van der Waals surface area (Å²) >= 11 is 12.6. The Morgan fingerprint density at radius 2 is 1.35 bits per heavy atom. The number of rotatable bonds is 12. The quantitative estimate of drug-likeness (QED) is 0.260.